The number of aromatic nitrogens is 2. The summed E-state index contributed by atoms with van der Waals surface area (Å²) in [6, 6.07) is 9.35. The van der Waals surface area contributed by atoms with Gasteiger partial charge in [0.05, 0.1) is 24.8 Å². The van der Waals surface area contributed by atoms with Gasteiger partial charge in [0.15, 0.2) is 0 Å². The van der Waals surface area contributed by atoms with E-state index in [0.29, 0.717) is 24.0 Å². The lowest BCUT2D eigenvalue weighted by molar-refractivity contribution is -0.114. The molecular formula is C22H27ClN4O2. The van der Waals surface area contributed by atoms with Crippen molar-refractivity contribution < 1.29 is 9.53 Å². The van der Waals surface area contributed by atoms with Crippen LogP contribution < -0.4 is 9.64 Å². The second-order valence-corrected chi connectivity index (χ2v) is 6.88. The summed E-state index contributed by atoms with van der Waals surface area (Å²) >= 11 is 6.44. The molecule has 0 aliphatic carbocycles. The molecule has 1 amide bonds. The standard InChI is InChI=1S/C22H27ClN4O2/c1-4-6-16-27-22(23)20(17(3)25-27)12-13-21(28)26(15-7-14-24)18-8-10-19(11-9-18)29-5-2/h8-13H,4-7,15-16H2,1-3H3/b13-12+. The molecule has 2 rings (SSSR count). The Labute approximate surface area is 177 Å². The normalized spacial score (nSPS) is 10.9. The Morgan fingerprint density at radius 1 is 1.34 bits per heavy atom. The minimum atomic E-state index is -0.221. The second-order valence-electron chi connectivity index (χ2n) is 6.52. The monoisotopic (exact) mass is 414 g/mol. The number of carbonyl (C=O) groups excluding carboxylic acids is 1. The average molecular weight is 415 g/mol. The van der Waals surface area contributed by atoms with E-state index >= 15 is 0 Å². The topological polar surface area (TPSA) is 71.2 Å². The zero-order valence-corrected chi connectivity index (χ0v) is 17.9. The molecule has 2 aromatic rings. The van der Waals surface area contributed by atoms with Gasteiger partial charge in [-0.25, -0.2) is 0 Å². The summed E-state index contributed by atoms with van der Waals surface area (Å²) in [6.07, 6.45) is 5.45. The number of nitrogens with zero attached hydrogens (tertiary/aromatic N) is 4. The Morgan fingerprint density at radius 2 is 2.07 bits per heavy atom. The highest BCUT2D eigenvalue weighted by atomic mass is 35.5. The van der Waals surface area contributed by atoms with Crippen molar-refractivity contribution in [2.45, 2.75) is 46.6 Å². The van der Waals surface area contributed by atoms with Gasteiger partial charge in [-0.05, 0) is 50.6 Å². The summed E-state index contributed by atoms with van der Waals surface area (Å²) in [6.45, 7) is 7.53. The Kier molecular flexibility index (Phi) is 8.75. The summed E-state index contributed by atoms with van der Waals surface area (Å²) in [7, 11) is 0. The van der Waals surface area contributed by atoms with E-state index in [1.165, 1.54) is 6.08 Å². The molecule has 0 aliphatic rings. The zero-order chi connectivity index (χ0) is 21.2. The first-order chi connectivity index (χ1) is 14.0. The van der Waals surface area contributed by atoms with Crippen LogP contribution in [0.4, 0.5) is 5.69 Å². The van der Waals surface area contributed by atoms with Crippen LogP contribution in [0.3, 0.4) is 0 Å². The van der Waals surface area contributed by atoms with Gasteiger partial charge < -0.3 is 9.64 Å². The highest BCUT2D eigenvalue weighted by Gasteiger charge is 2.15. The summed E-state index contributed by atoms with van der Waals surface area (Å²) in [4.78, 5) is 14.4. The van der Waals surface area contributed by atoms with Crippen LogP contribution in [-0.4, -0.2) is 28.8 Å². The Hall–Kier alpha value is -2.78. The number of unbranched alkanes of at least 4 members (excludes halogenated alkanes) is 1. The molecule has 1 heterocycles. The van der Waals surface area contributed by atoms with Gasteiger partial charge in [-0.1, -0.05) is 24.9 Å². The molecule has 0 spiro atoms. The van der Waals surface area contributed by atoms with Crippen molar-refractivity contribution >= 4 is 29.3 Å². The minimum absolute atomic E-state index is 0.221. The molecule has 0 N–H and O–H groups in total. The lowest BCUT2D eigenvalue weighted by atomic mass is 10.2. The molecular weight excluding hydrogens is 388 g/mol. The fourth-order valence-corrected chi connectivity index (χ4v) is 3.20. The number of carbonyl (C=O) groups is 1. The first-order valence-corrected chi connectivity index (χ1v) is 10.2. The van der Waals surface area contributed by atoms with Crippen LogP contribution in [0.2, 0.25) is 5.15 Å². The molecule has 154 valence electrons. The molecule has 29 heavy (non-hydrogen) atoms. The van der Waals surface area contributed by atoms with Crippen molar-refractivity contribution in [3.8, 4) is 11.8 Å². The Balaban J connectivity index is 2.21. The van der Waals surface area contributed by atoms with Crippen LogP contribution in [0.25, 0.3) is 6.08 Å². The van der Waals surface area contributed by atoms with Crippen LogP contribution in [0.15, 0.2) is 30.3 Å². The molecule has 6 nitrogen and oxygen atoms in total. The van der Waals surface area contributed by atoms with E-state index < -0.39 is 0 Å². The van der Waals surface area contributed by atoms with Crippen molar-refractivity contribution in [2.24, 2.45) is 0 Å². The number of nitriles is 1. The van der Waals surface area contributed by atoms with E-state index in [-0.39, 0.29) is 12.3 Å². The lowest BCUT2D eigenvalue weighted by Crippen LogP contribution is -2.30. The maximum absolute atomic E-state index is 12.9. The molecule has 7 heteroatoms. The predicted octanol–water partition coefficient (Wildman–Crippen LogP) is 5.00. The summed E-state index contributed by atoms with van der Waals surface area (Å²) in [5.74, 6) is 0.516. The van der Waals surface area contributed by atoms with Crippen LogP contribution in [0.1, 0.15) is 44.4 Å². The highest BCUT2D eigenvalue weighted by Crippen LogP contribution is 2.23. The fraction of sp³-hybridized carbons (Fsp3) is 0.409. The van der Waals surface area contributed by atoms with E-state index in [9.17, 15) is 4.79 Å². The van der Waals surface area contributed by atoms with Gasteiger partial charge >= 0.3 is 0 Å². The van der Waals surface area contributed by atoms with Crippen LogP contribution in [0, 0.1) is 18.3 Å². The van der Waals surface area contributed by atoms with E-state index in [1.807, 2.05) is 38.1 Å². The molecule has 1 aromatic carbocycles. The third-order valence-electron chi connectivity index (χ3n) is 4.40. The van der Waals surface area contributed by atoms with Crippen LogP contribution >= 0.6 is 11.6 Å². The summed E-state index contributed by atoms with van der Waals surface area (Å²) in [5.41, 5.74) is 2.22. The van der Waals surface area contributed by atoms with Crippen molar-refractivity contribution in [1.29, 1.82) is 5.26 Å². The van der Waals surface area contributed by atoms with E-state index in [1.54, 1.807) is 15.7 Å². The largest absolute Gasteiger partial charge is 0.494 e. The van der Waals surface area contributed by atoms with Gasteiger partial charge in [-0.2, -0.15) is 10.4 Å². The average Bonchev–Trinajstić information content (AvgIpc) is 2.99. The van der Waals surface area contributed by atoms with Crippen molar-refractivity contribution in [3.63, 3.8) is 0 Å². The molecule has 0 saturated carbocycles. The van der Waals surface area contributed by atoms with Gasteiger partial charge in [0, 0.05) is 30.4 Å². The number of hydrogen-bond acceptors (Lipinski definition) is 4. The zero-order valence-electron chi connectivity index (χ0n) is 17.2. The minimum Gasteiger partial charge on any atom is -0.494 e. The molecule has 0 aliphatic heterocycles. The summed E-state index contributed by atoms with van der Waals surface area (Å²) < 4.78 is 7.22. The van der Waals surface area contributed by atoms with Crippen LogP contribution in [-0.2, 0) is 11.3 Å². The highest BCUT2D eigenvalue weighted by molar-refractivity contribution is 6.31. The molecule has 0 radical (unpaired) electrons. The van der Waals surface area contributed by atoms with Crippen molar-refractivity contribution in [1.82, 2.24) is 9.78 Å². The Bertz CT molecular complexity index is 881. The molecule has 1 aromatic heterocycles. The first kappa shape index (κ1) is 22.5. The molecule has 0 atom stereocenters. The third kappa shape index (κ3) is 6.10. The number of amides is 1. The van der Waals surface area contributed by atoms with Gasteiger partial charge in [-0.15, -0.1) is 0 Å². The third-order valence-corrected chi connectivity index (χ3v) is 4.80. The fourth-order valence-electron chi connectivity index (χ4n) is 2.87. The predicted molar refractivity (Wildman–Crippen MR) is 116 cm³/mol. The maximum Gasteiger partial charge on any atom is 0.251 e. The molecule has 0 saturated heterocycles. The van der Waals surface area contributed by atoms with E-state index in [0.717, 1.165) is 36.4 Å². The van der Waals surface area contributed by atoms with Gasteiger partial charge in [-0.3, -0.25) is 9.48 Å². The number of rotatable bonds is 10. The first-order valence-electron chi connectivity index (χ1n) is 9.84. The van der Waals surface area contributed by atoms with Gasteiger partial charge in [0.2, 0.25) is 0 Å². The van der Waals surface area contributed by atoms with Crippen molar-refractivity contribution in [2.75, 3.05) is 18.1 Å². The smallest absolute Gasteiger partial charge is 0.251 e. The molecule has 0 unspecified atom stereocenters. The van der Waals surface area contributed by atoms with Gasteiger partial charge in [0.1, 0.15) is 10.9 Å². The lowest BCUT2D eigenvalue weighted by Gasteiger charge is -2.20. The molecule has 0 bridgehead atoms. The molecule has 0 fully saturated rings. The Morgan fingerprint density at radius 3 is 2.69 bits per heavy atom. The number of halogens is 1. The second kappa shape index (κ2) is 11.3. The number of anilines is 1. The quantitative estimate of drug-likeness (QED) is 0.512. The number of hydrogen-bond donors (Lipinski definition) is 0. The van der Waals surface area contributed by atoms with Gasteiger partial charge in [0.25, 0.3) is 5.91 Å². The summed E-state index contributed by atoms with van der Waals surface area (Å²) in [5, 5.41) is 13.9. The SMILES string of the molecule is CCCCn1nc(C)c(/C=C/C(=O)N(CCC#N)c2ccc(OCC)cc2)c1Cl. The van der Waals surface area contributed by atoms with Crippen molar-refractivity contribution in [3.05, 3.63) is 46.8 Å². The number of benzene rings is 1. The van der Waals surface area contributed by atoms with Crippen LogP contribution in [0.5, 0.6) is 5.75 Å². The number of aryl methyl sites for hydroxylation is 2. The van der Waals surface area contributed by atoms with E-state index in [2.05, 4.69) is 18.1 Å². The van der Waals surface area contributed by atoms with E-state index in [4.69, 9.17) is 21.6 Å². The number of ether oxygens (including phenoxy) is 1. The maximum atomic E-state index is 12.9.